The third-order valence-corrected chi connectivity index (χ3v) is 10.4. The van der Waals surface area contributed by atoms with Crippen LogP contribution in [0.5, 0.6) is 5.75 Å². The maximum atomic E-state index is 14.0. The number of methoxy groups -OCH3 is 1. The second-order valence-corrected chi connectivity index (χ2v) is 12.9. The maximum Gasteiger partial charge on any atom is 0.308 e. The predicted octanol–water partition coefficient (Wildman–Crippen LogP) is 5.42. The molecule has 41 heavy (non-hydrogen) atoms. The Bertz CT molecular complexity index is 1720. The number of hydrogen-bond acceptors (Lipinski definition) is 7. The Morgan fingerprint density at radius 3 is 2.29 bits per heavy atom. The van der Waals surface area contributed by atoms with Crippen LogP contribution in [0.2, 0.25) is 0 Å². The number of amides is 3. The molecule has 1 fully saturated rings. The van der Waals surface area contributed by atoms with Gasteiger partial charge in [-0.1, -0.05) is 68.9 Å². The zero-order valence-corrected chi connectivity index (χ0v) is 25.2. The Labute approximate surface area is 252 Å². The highest BCUT2D eigenvalue weighted by molar-refractivity contribution is 9.10. The highest BCUT2D eigenvalue weighted by Gasteiger charge is 2.56. The van der Waals surface area contributed by atoms with Gasteiger partial charge in [-0.2, -0.15) is 0 Å². The van der Waals surface area contributed by atoms with Crippen molar-refractivity contribution in [2.75, 3.05) is 17.3 Å². The summed E-state index contributed by atoms with van der Waals surface area (Å²) >= 11 is 5.68. The number of anilines is 2. The van der Waals surface area contributed by atoms with Gasteiger partial charge in [0.15, 0.2) is 0 Å². The van der Waals surface area contributed by atoms with Crippen LogP contribution in [0.15, 0.2) is 87.1 Å². The lowest BCUT2D eigenvalue weighted by molar-refractivity contribution is -0.122. The number of nitrogens with one attached hydrogen (secondary N) is 1. The number of carbonyl (C=O) groups excluding carboxylic acids is 3. The van der Waals surface area contributed by atoms with E-state index in [0.29, 0.717) is 27.0 Å². The van der Waals surface area contributed by atoms with Gasteiger partial charge >= 0.3 is 4.87 Å². The molecule has 0 spiro atoms. The van der Waals surface area contributed by atoms with Crippen LogP contribution in [-0.2, 0) is 20.9 Å². The first-order valence-corrected chi connectivity index (χ1v) is 15.3. The minimum absolute atomic E-state index is 0.208. The zero-order valence-electron chi connectivity index (χ0n) is 22.0. The number of thiazole rings is 1. The Kier molecular flexibility index (Phi) is 7.35. The van der Waals surface area contributed by atoms with E-state index in [4.69, 9.17) is 4.74 Å². The Morgan fingerprint density at radius 2 is 1.63 bits per heavy atom. The van der Waals surface area contributed by atoms with E-state index in [0.717, 1.165) is 26.9 Å². The number of ether oxygens (including phenoxy) is 1. The topological polar surface area (TPSA) is 97.7 Å². The van der Waals surface area contributed by atoms with Crippen LogP contribution in [0.4, 0.5) is 11.4 Å². The summed E-state index contributed by atoms with van der Waals surface area (Å²) in [5, 5.41) is 2.63. The van der Waals surface area contributed by atoms with Gasteiger partial charge < -0.3 is 10.1 Å². The molecular formula is C30H24BrN3O5S2. The zero-order chi connectivity index (χ0) is 28.8. The SMILES string of the molecule is COc1ccc(N2C(=O)C3Sc4c(sc(=O)n4CC(=O)Nc4ccc(C)cc4)C(c4ccc(Br)cc4)C3C2=O)cc1. The maximum absolute atomic E-state index is 14.0. The lowest BCUT2D eigenvalue weighted by Crippen LogP contribution is -2.33. The second kappa shape index (κ2) is 11.0. The van der Waals surface area contributed by atoms with Crippen molar-refractivity contribution in [3.63, 3.8) is 0 Å². The third kappa shape index (κ3) is 5.02. The molecule has 2 aliphatic heterocycles. The van der Waals surface area contributed by atoms with Crippen molar-refractivity contribution in [2.45, 2.75) is 29.7 Å². The Morgan fingerprint density at radius 1 is 0.951 bits per heavy atom. The molecule has 4 aromatic rings. The molecule has 3 aromatic carbocycles. The normalized spacial score (nSPS) is 19.6. The molecule has 1 saturated heterocycles. The Hall–Kier alpha value is -3.67. The molecule has 3 atom stereocenters. The standard InChI is InChI=1S/C30H24BrN3O5S2/c1-16-3-9-19(10-4-16)32-22(35)15-33-29-26(41-30(33)38)23(17-5-7-18(31)8-6-17)24-25(40-29)28(37)34(27(24)36)20-11-13-21(39-2)14-12-20/h3-14,23-25H,15H2,1-2H3,(H,32,35). The van der Waals surface area contributed by atoms with Crippen molar-refractivity contribution < 1.29 is 19.1 Å². The number of rotatable bonds is 6. The van der Waals surface area contributed by atoms with Crippen molar-refractivity contribution in [1.82, 2.24) is 4.57 Å². The predicted molar refractivity (Wildman–Crippen MR) is 163 cm³/mol. The van der Waals surface area contributed by atoms with E-state index >= 15 is 0 Å². The number of imide groups is 1. The first-order valence-electron chi connectivity index (χ1n) is 12.8. The minimum atomic E-state index is -0.758. The summed E-state index contributed by atoms with van der Waals surface area (Å²) in [6, 6.07) is 21.7. The molecule has 8 nitrogen and oxygen atoms in total. The molecule has 0 bridgehead atoms. The molecular weight excluding hydrogens is 626 g/mol. The number of benzene rings is 3. The van der Waals surface area contributed by atoms with E-state index in [1.54, 1.807) is 43.5 Å². The summed E-state index contributed by atoms with van der Waals surface area (Å²) in [6.07, 6.45) is 0. The number of aromatic nitrogens is 1. The average Bonchev–Trinajstić information content (AvgIpc) is 3.41. The van der Waals surface area contributed by atoms with E-state index in [2.05, 4.69) is 21.2 Å². The molecule has 3 amide bonds. The number of carbonyl (C=O) groups is 3. The van der Waals surface area contributed by atoms with E-state index in [1.165, 1.54) is 21.2 Å². The fraction of sp³-hybridized carbons (Fsp3) is 0.200. The molecule has 2 aliphatic rings. The van der Waals surface area contributed by atoms with Crippen LogP contribution in [0.1, 0.15) is 21.9 Å². The van der Waals surface area contributed by atoms with E-state index in [-0.39, 0.29) is 29.1 Å². The van der Waals surface area contributed by atoms with Crippen molar-refractivity contribution in [3.8, 4) is 5.75 Å². The van der Waals surface area contributed by atoms with Gasteiger partial charge in [-0.25, -0.2) is 4.90 Å². The third-order valence-electron chi connectivity index (χ3n) is 7.25. The van der Waals surface area contributed by atoms with Gasteiger partial charge in [0.05, 0.1) is 23.7 Å². The molecule has 1 N–H and O–H groups in total. The van der Waals surface area contributed by atoms with Crippen LogP contribution in [0.25, 0.3) is 0 Å². The summed E-state index contributed by atoms with van der Waals surface area (Å²) in [5.74, 6) is -1.65. The average molecular weight is 651 g/mol. The van der Waals surface area contributed by atoms with Crippen LogP contribution in [0, 0.1) is 12.8 Å². The smallest absolute Gasteiger partial charge is 0.308 e. The highest BCUT2D eigenvalue weighted by Crippen LogP contribution is 2.54. The molecule has 0 radical (unpaired) electrons. The molecule has 3 heterocycles. The molecule has 3 unspecified atom stereocenters. The van der Waals surface area contributed by atoms with Crippen LogP contribution in [-0.4, -0.2) is 34.6 Å². The number of fused-ring (bicyclic) bond motifs is 2. The monoisotopic (exact) mass is 649 g/mol. The van der Waals surface area contributed by atoms with E-state index in [1.807, 2.05) is 43.3 Å². The van der Waals surface area contributed by atoms with Crippen molar-refractivity contribution in [1.29, 1.82) is 0 Å². The number of nitrogens with zero attached hydrogens (tertiary/aromatic N) is 2. The molecule has 1 aromatic heterocycles. The fourth-order valence-corrected chi connectivity index (χ4v) is 8.29. The Balaban J connectivity index is 1.39. The lowest BCUT2D eigenvalue weighted by Gasteiger charge is -2.30. The van der Waals surface area contributed by atoms with Crippen LogP contribution in [0.3, 0.4) is 0 Å². The van der Waals surface area contributed by atoms with Crippen LogP contribution < -0.4 is 19.8 Å². The van der Waals surface area contributed by atoms with Gasteiger partial charge in [-0.3, -0.25) is 23.7 Å². The number of hydrogen-bond donors (Lipinski definition) is 1. The molecule has 0 saturated carbocycles. The summed E-state index contributed by atoms with van der Waals surface area (Å²) in [6.45, 7) is 1.75. The number of halogens is 1. The summed E-state index contributed by atoms with van der Waals surface area (Å²) in [7, 11) is 1.55. The highest BCUT2D eigenvalue weighted by atomic mass is 79.9. The van der Waals surface area contributed by atoms with E-state index in [9.17, 15) is 19.2 Å². The minimum Gasteiger partial charge on any atom is -0.497 e. The van der Waals surface area contributed by atoms with Gasteiger partial charge in [-0.15, -0.1) is 0 Å². The van der Waals surface area contributed by atoms with Crippen LogP contribution >= 0.6 is 39.0 Å². The van der Waals surface area contributed by atoms with Gasteiger partial charge in [0.25, 0.3) is 0 Å². The quantitative estimate of drug-likeness (QED) is 0.280. The number of aryl methyl sites for hydroxylation is 1. The largest absolute Gasteiger partial charge is 0.497 e. The summed E-state index contributed by atoms with van der Waals surface area (Å²) < 4.78 is 7.53. The van der Waals surface area contributed by atoms with Gasteiger partial charge in [-0.05, 0) is 61.0 Å². The second-order valence-electron chi connectivity index (χ2n) is 9.84. The van der Waals surface area contributed by atoms with Gasteiger partial charge in [0, 0.05) is 21.0 Å². The first-order chi connectivity index (χ1) is 19.7. The number of thioether (sulfide) groups is 1. The van der Waals surface area contributed by atoms with Crippen molar-refractivity contribution in [2.24, 2.45) is 5.92 Å². The van der Waals surface area contributed by atoms with E-state index < -0.39 is 17.1 Å². The van der Waals surface area contributed by atoms with Gasteiger partial charge in [0.2, 0.25) is 17.7 Å². The lowest BCUT2D eigenvalue weighted by atomic mass is 9.83. The molecule has 0 aliphatic carbocycles. The first kappa shape index (κ1) is 27.5. The summed E-state index contributed by atoms with van der Waals surface area (Å²) in [5.41, 5.74) is 2.98. The molecule has 208 valence electrons. The van der Waals surface area contributed by atoms with Crippen molar-refractivity contribution in [3.05, 3.63) is 103 Å². The molecule has 11 heteroatoms. The molecule has 6 rings (SSSR count). The fourth-order valence-electron chi connectivity index (χ4n) is 5.25. The summed E-state index contributed by atoms with van der Waals surface area (Å²) in [4.78, 5) is 55.7. The van der Waals surface area contributed by atoms with Crippen molar-refractivity contribution >= 4 is 68.1 Å². The van der Waals surface area contributed by atoms with Gasteiger partial charge in [0.1, 0.15) is 17.5 Å².